The zero-order valence-electron chi connectivity index (χ0n) is 10.8. The predicted octanol–water partition coefficient (Wildman–Crippen LogP) is 2.92. The van der Waals surface area contributed by atoms with E-state index in [4.69, 9.17) is 0 Å². The molecule has 0 aliphatic carbocycles. The third kappa shape index (κ3) is 3.61. The molecule has 1 N–H and O–H groups in total. The maximum Gasteiger partial charge on any atom is 0.319 e. The minimum atomic E-state index is -2.53. The molecule has 2 aromatic rings. The second-order valence-corrected chi connectivity index (χ2v) is 4.38. The van der Waals surface area contributed by atoms with Gasteiger partial charge in [-0.3, -0.25) is 4.57 Å². The molecule has 0 fully saturated rings. The number of aryl methyl sites for hydroxylation is 1. The van der Waals surface area contributed by atoms with Crippen LogP contribution in [0.3, 0.4) is 0 Å². The molecule has 0 saturated carbocycles. The van der Waals surface area contributed by atoms with Gasteiger partial charge in [-0.05, 0) is 31.0 Å². The molecule has 1 aromatic heterocycles. The molecule has 2 rings (SSSR count). The van der Waals surface area contributed by atoms with Gasteiger partial charge in [0.2, 0.25) is 0 Å². The van der Waals surface area contributed by atoms with Crippen LogP contribution in [0, 0.1) is 6.92 Å². The summed E-state index contributed by atoms with van der Waals surface area (Å²) in [5.74, 6) is 0.361. The molecule has 1 aromatic carbocycles. The van der Waals surface area contributed by atoms with Crippen molar-refractivity contribution in [3.63, 3.8) is 0 Å². The summed E-state index contributed by atoms with van der Waals surface area (Å²) in [4.78, 5) is 3.92. The molecular formula is C14H17F2N3. The van der Waals surface area contributed by atoms with Gasteiger partial charge in [-0.15, -0.1) is 0 Å². The monoisotopic (exact) mass is 265 g/mol. The van der Waals surface area contributed by atoms with E-state index in [1.165, 1.54) is 23.5 Å². The highest BCUT2D eigenvalue weighted by Crippen LogP contribution is 2.12. The fourth-order valence-electron chi connectivity index (χ4n) is 1.97. The van der Waals surface area contributed by atoms with Gasteiger partial charge in [0.05, 0.1) is 6.54 Å². The molecule has 0 radical (unpaired) electrons. The lowest BCUT2D eigenvalue weighted by molar-refractivity contribution is 0.0666. The van der Waals surface area contributed by atoms with Crippen molar-refractivity contribution in [2.75, 3.05) is 6.54 Å². The molecule has 0 unspecified atom stereocenters. The molecule has 3 nitrogen and oxygen atoms in total. The van der Waals surface area contributed by atoms with E-state index in [2.05, 4.69) is 29.4 Å². The molecule has 1 heterocycles. The highest BCUT2D eigenvalue weighted by molar-refractivity contribution is 5.25. The summed E-state index contributed by atoms with van der Waals surface area (Å²) in [5.41, 5.74) is 2.52. The number of imidazole rings is 1. The Morgan fingerprint density at radius 1 is 1.32 bits per heavy atom. The van der Waals surface area contributed by atoms with Crippen LogP contribution in [0.2, 0.25) is 0 Å². The standard InChI is InChI=1S/C14H17F2N3/c1-11-4-2-3-5-12(11)6-7-17-10-13-18-8-9-19(13)14(15)16/h2-5,8-9,14,17H,6-7,10H2,1H3. The van der Waals surface area contributed by atoms with E-state index in [9.17, 15) is 8.78 Å². The van der Waals surface area contributed by atoms with Crippen LogP contribution in [-0.4, -0.2) is 16.1 Å². The zero-order valence-corrected chi connectivity index (χ0v) is 10.8. The second kappa shape index (κ2) is 6.43. The van der Waals surface area contributed by atoms with E-state index in [1.807, 2.05) is 12.1 Å². The average molecular weight is 265 g/mol. The molecule has 0 bridgehead atoms. The smallest absolute Gasteiger partial charge is 0.310 e. The van der Waals surface area contributed by atoms with Crippen LogP contribution in [0.4, 0.5) is 8.78 Å². The van der Waals surface area contributed by atoms with Gasteiger partial charge < -0.3 is 5.32 Å². The van der Waals surface area contributed by atoms with Gasteiger partial charge in [-0.2, -0.15) is 8.78 Å². The van der Waals surface area contributed by atoms with Crippen molar-refractivity contribution in [1.82, 2.24) is 14.9 Å². The van der Waals surface area contributed by atoms with Gasteiger partial charge in [0.25, 0.3) is 0 Å². The summed E-state index contributed by atoms with van der Waals surface area (Å²) in [7, 11) is 0. The van der Waals surface area contributed by atoms with E-state index in [1.54, 1.807) is 0 Å². The van der Waals surface area contributed by atoms with Crippen LogP contribution >= 0.6 is 0 Å². The third-order valence-electron chi connectivity index (χ3n) is 3.07. The summed E-state index contributed by atoms with van der Waals surface area (Å²) in [6.07, 6.45) is 3.57. The van der Waals surface area contributed by atoms with Crippen LogP contribution in [0.5, 0.6) is 0 Å². The number of aromatic nitrogens is 2. The second-order valence-electron chi connectivity index (χ2n) is 4.38. The first-order valence-electron chi connectivity index (χ1n) is 6.23. The van der Waals surface area contributed by atoms with Crippen molar-refractivity contribution in [1.29, 1.82) is 0 Å². The average Bonchev–Trinajstić information content (AvgIpc) is 2.85. The quantitative estimate of drug-likeness (QED) is 0.814. The van der Waals surface area contributed by atoms with E-state index in [0.29, 0.717) is 12.4 Å². The maximum absolute atomic E-state index is 12.6. The number of nitrogens with one attached hydrogen (secondary N) is 1. The molecule has 0 saturated heterocycles. The molecule has 19 heavy (non-hydrogen) atoms. The Hall–Kier alpha value is -1.75. The van der Waals surface area contributed by atoms with Crippen LogP contribution in [0.15, 0.2) is 36.7 Å². The molecule has 5 heteroatoms. The van der Waals surface area contributed by atoms with Gasteiger partial charge >= 0.3 is 6.55 Å². The highest BCUT2D eigenvalue weighted by atomic mass is 19.3. The van der Waals surface area contributed by atoms with Crippen LogP contribution in [0.1, 0.15) is 23.5 Å². The fraction of sp³-hybridized carbons (Fsp3) is 0.357. The fourth-order valence-corrected chi connectivity index (χ4v) is 1.97. The summed E-state index contributed by atoms with van der Waals surface area (Å²) >= 11 is 0. The number of halogens is 2. The topological polar surface area (TPSA) is 29.9 Å². The molecular weight excluding hydrogens is 248 g/mol. The largest absolute Gasteiger partial charge is 0.319 e. The van der Waals surface area contributed by atoms with Crippen molar-refractivity contribution in [2.45, 2.75) is 26.4 Å². The van der Waals surface area contributed by atoms with E-state index < -0.39 is 6.55 Å². The third-order valence-corrected chi connectivity index (χ3v) is 3.07. The minimum Gasteiger partial charge on any atom is -0.310 e. The lowest BCUT2D eigenvalue weighted by Crippen LogP contribution is -2.20. The van der Waals surface area contributed by atoms with Crippen molar-refractivity contribution in [2.24, 2.45) is 0 Å². The first-order chi connectivity index (χ1) is 9.18. The highest BCUT2D eigenvalue weighted by Gasteiger charge is 2.10. The van der Waals surface area contributed by atoms with Gasteiger partial charge in [-0.1, -0.05) is 24.3 Å². The Labute approximate surface area is 111 Å². The van der Waals surface area contributed by atoms with Crippen LogP contribution < -0.4 is 5.32 Å². The predicted molar refractivity (Wildman–Crippen MR) is 70.1 cm³/mol. The Morgan fingerprint density at radius 3 is 2.84 bits per heavy atom. The number of benzene rings is 1. The molecule has 0 amide bonds. The SMILES string of the molecule is Cc1ccccc1CCNCc1nccn1C(F)F. The van der Waals surface area contributed by atoms with Crippen molar-refractivity contribution < 1.29 is 8.78 Å². The van der Waals surface area contributed by atoms with E-state index >= 15 is 0 Å². The number of rotatable bonds is 6. The van der Waals surface area contributed by atoms with Crippen LogP contribution in [0.25, 0.3) is 0 Å². The van der Waals surface area contributed by atoms with Crippen molar-refractivity contribution >= 4 is 0 Å². The number of alkyl halides is 2. The number of nitrogens with zero attached hydrogens (tertiary/aromatic N) is 2. The summed E-state index contributed by atoms with van der Waals surface area (Å²) in [5, 5.41) is 3.14. The van der Waals surface area contributed by atoms with E-state index in [-0.39, 0.29) is 0 Å². The summed E-state index contributed by atoms with van der Waals surface area (Å²) in [6, 6.07) is 8.16. The van der Waals surface area contributed by atoms with Crippen molar-refractivity contribution in [3.05, 3.63) is 53.6 Å². The minimum absolute atomic E-state index is 0.350. The number of hydrogen-bond acceptors (Lipinski definition) is 2. The molecule has 0 aliphatic heterocycles. The molecule has 102 valence electrons. The molecule has 0 spiro atoms. The Kier molecular flexibility index (Phi) is 4.63. The first-order valence-corrected chi connectivity index (χ1v) is 6.23. The zero-order chi connectivity index (χ0) is 13.7. The molecule has 0 aliphatic rings. The lowest BCUT2D eigenvalue weighted by atomic mass is 10.1. The first kappa shape index (κ1) is 13.7. The molecule has 0 atom stereocenters. The van der Waals surface area contributed by atoms with Gasteiger partial charge in [0, 0.05) is 12.4 Å². The van der Waals surface area contributed by atoms with Crippen molar-refractivity contribution in [3.8, 4) is 0 Å². The summed E-state index contributed by atoms with van der Waals surface area (Å²) < 4.78 is 26.0. The summed E-state index contributed by atoms with van der Waals surface area (Å²) in [6.45, 7) is 0.624. The number of hydrogen-bond donors (Lipinski definition) is 1. The van der Waals surface area contributed by atoms with E-state index in [0.717, 1.165) is 17.5 Å². The van der Waals surface area contributed by atoms with Crippen LogP contribution in [-0.2, 0) is 13.0 Å². The Balaban J connectivity index is 1.81. The van der Waals surface area contributed by atoms with Gasteiger partial charge in [-0.25, -0.2) is 4.98 Å². The van der Waals surface area contributed by atoms with Gasteiger partial charge in [0.1, 0.15) is 5.82 Å². The lowest BCUT2D eigenvalue weighted by Gasteiger charge is -2.09. The normalized spacial score (nSPS) is 11.2. The Bertz CT molecular complexity index is 523. The Morgan fingerprint density at radius 2 is 2.11 bits per heavy atom. The van der Waals surface area contributed by atoms with Gasteiger partial charge in [0.15, 0.2) is 0 Å². The maximum atomic E-state index is 12.6.